The molecule has 0 aliphatic rings. The van der Waals surface area contributed by atoms with E-state index in [4.69, 9.17) is 0 Å². The Kier molecular flexibility index (Phi) is 12.7. The average Bonchev–Trinajstić information content (AvgIpc) is 3.49. The van der Waals surface area contributed by atoms with Crippen molar-refractivity contribution in [2.45, 2.75) is 52.0 Å². The van der Waals surface area contributed by atoms with E-state index >= 15 is 0 Å². The molecule has 0 radical (unpaired) electrons. The lowest BCUT2D eigenvalue weighted by Gasteiger charge is -2.23. The first-order valence-corrected chi connectivity index (χ1v) is 16.1. The van der Waals surface area contributed by atoms with Crippen LogP contribution in [-0.4, -0.2) is 63.8 Å². The lowest BCUT2D eigenvalue weighted by molar-refractivity contribution is 0.263. The minimum absolute atomic E-state index is 0.168. The number of fused-ring (bicyclic) bond motifs is 1. The molecule has 8 heteroatoms. The summed E-state index contributed by atoms with van der Waals surface area (Å²) >= 11 is 0. The molecule has 0 aliphatic carbocycles. The van der Waals surface area contributed by atoms with E-state index in [1.807, 2.05) is 36.7 Å². The van der Waals surface area contributed by atoms with E-state index in [2.05, 4.69) is 104 Å². The summed E-state index contributed by atoms with van der Waals surface area (Å²) in [6, 6.07) is 27.6. The molecule has 8 nitrogen and oxygen atoms in total. The van der Waals surface area contributed by atoms with E-state index in [-0.39, 0.29) is 12.6 Å². The first-order chi connectivity index (χ1) is 22.2. The van der Waals surface area contributed by atoms with Crippen LogP contribution in [-0.2, 0) is 32.6 Å². The molecule has 1 atom stereocenters. The molecule has 5 rings (SSSR count). The van der Waals surface area contributed by atoms with Crippen molar-refractivity contribution in [2.24, 2.45) is 0 Å². The van der Waals surface area contributed by atoms with Crippen LogP contribution in [0.5, 0.6) is 0 Å². The van der Waals surface area contributed by atoms with Crippen molar-refractivity contribution in [1.29, 1.82) is 0 Å². The Morgan fingerprint density at radius 3 is 2.07 bits per heavy atom. The summed E-state index contributed by atoms with van der Waals surface area (Å²) in [5, 5.41) is 21.8. The van der Waals surface area contributed by atoms with Crippen LogP contribution in [0.3, 0.4) is 0 Å². The molecular weight excluding hydrogens is 558 g/mol. The van der Waals surface area contributed by atoms with Crippen LogP contribution >= 0.6 is 0 Å². The minimum Gasteiger partial charge on any atom is -0.396 e. The highest BCUT2D eigenvalue weighted by atomic mass is 16.3. The lowest BCUT2D eigenvalue weighted by atomic mass is 10.0. The summed E-state index contributed by atoms with van der Waals surface area (Å²) in [5.74, 6) is 0. The topological polar surface area (TPSA) is 101 Å². The third kappa shape index (κ3) is 10.3. The van der Waals surface area contributed by atoms with Gasteiger partial charge in [-0.05, 0) is 66.3 Å². The van der Waals surface area contributed by atoms with E-state index in [0.29, 0.717) is 6.42 Å². The third-order valence-corrected chi connectivity index (χ3v) is 8.25. The molecule has 3 heterocycles. The van der Waals surface area contributed by atoms with E-state index in [9.17, 15) is 5.11 Å². The maximum Gasteiger partial charge on any atom is 0.0541 e. The molecule has 45 heavy (non-hydrogen) atoms. The Hall–Kier alpha value is -3.92. The lowest BCUT2D eigenvalue weighted by Crippen LogP contribution is -2.36. The van der Waals surface area contributed by atoms with Gasteiger partial charge in [0.2, 0.25) is 0 Å². The number of aromatic amines is 1. The van der Waals surface area contributed by atoms with Gasteiger partial charge in [-0.25, -0.2) is 0 Å². The van der Waals surface area contributed by atoms with E-state index < -0.39 is 0 Å². The van der Waals surface area contributed by atoms with E-state index in [1.54, 1.807) is 0 Å². The average molecular weight is 606 g/mol. The van der Waals surface area contributed by atoms with Crippen molar-refractivity contribution in [3.05, 3.63) is 131 Å². The fraction of sp³-hybridized carbons (Fsp3) is 0.351. The summed E-state index contributed by atoms with van der Waals surface area (Å²) in [6.07, 6.45) is 7.39. The maximum atomic E-state index is 9.74. The molecule has 236 valence electrons. The zero-order valence-corrected chi connectivity index (χ0v) is 26.4. The van der Waals surface area contributed by atoms with Crippen molar-refractivity contribution in [3.63, 3.8) is 0 Å². The van der Waals surface area contributed by atoms with Crippen LogP contribution in [0.4, 0.5) is 0 Å². The van der Waals surface area contributed by atoms with Gasteiger partial charge in [-0.2, -0.15) is 0 Å². The van der Waals surface area contributed by atoms with Gasteiger partial charge in [0.25, 0.3) is 0 Å². The first-order valence-electron chi connectivity index (χ1n) is 16.1. The van der Waals surface area contributed by atoms with Crippen LogP contribution in [0.25, 0.3) is 10.9 Å². The second-order valence-corrected chi connectivity index (χ2v) is 11.7. The van der Waals surface area contributed by atoms with Crippen molar-refractivity contribution < 1.29 is 5.11 Å². The highest BCUT2D eigenvalue weighted by Gasteiger charge is 2.13. The number of para-hydroxylation sites is 1. The molecule has 2 aromatic carbocycles. The smallest absolute Gasteiger partial charge is 0.0541 e. The van der Waals surface area contributed by atoms with Crippen molar-refractivity contribution in [2.75, 3.05) is 32.8 Å². The molecule has 0 saturated carbocycles. The molecule has 0 fully saturated rings. The van der Waals surface area contributed by atoms with Crippen molar-refractivity contribution >= 4 is 10.9 Å². The number of aromatic nitrogens is 3. The maximum absolute atomic E-state index is 9.74. The zero-order valence-electron chi connectivity index (χ0n) is 26.4. The van der Waals surface area contributed by atoms with Crippen LogP contribution in [0, 0.1) is 6.92 Å². The van der Waals surface area contributed by atoms with Gasteiger partial charge < -0.3 is 26.0 Å². The Morgan fingerprint density at radius 1 is 0.778 bits per heavy atom. The van der Waals surface area contributed by atoms with Gasteiger partial charge in [0.1, 0.15) is 0 Å². The van der Waals surface area contributed by atoms with Gasteiger partial charge in [-0.15, -0.1) is 0 Å². The summed E-state index contributed by atoms with van der Waals surface area (Å²) < 4.78 is 0. The number of rotatable bonds is 19. The molecule has 5 N–H and O–H groups in total. The van der Waals surface area contributed by atoms with E-state index in [0.717, 1.165) is 70.2 Å². The number of nitrogens with zero attached hydrogens (tertiary/aromatic N) is 3. The standard InChI is InChI=1S/C37H47N7O/c1-29-7-6-10-36-32(25-43-37(29)36)23-33(15-22-45)42-24-30-11-13-31(14-12-30)28-44(20-18-38-26-34-8-2-4-16-40-34)21-19-39-27-35-9-3-5-17-41-35/h2-14,16-17,25,33,38-39,42-43,45H,15,18-24,26-28H2,1H3/t33-/m1/s1. The quantitative estimate of drug-likeness (QED) is 0.0868. The van der Waals surface area contributed by atoms with Gasteiger partial charge in [0, 0.05) is 94.5 Å². The highest BCUT2D eigenvalue weighted by Crippen LogP contribution is 2.23. The fourth-order valence-electron chi connectivity index (χ4n) is 5.70. The number of aliphatic hydroxyl groups excluding tert-OH is 1. The van der Waals surface area contributed by atoms with Crippen LogP contribution < -0.4 is 16.0 Å². The van der Waals surface area contributed by atoms with Crippen LogP contribution in [0.2, 0.25) is 0 Å². The van der Waals surface area contributed by atoms with Crippen LogP contribution in [0.15, 0.2) is 97.5 Å². The Labute approximate surface area is 267 Å². The number of aryl methyl sites for hydroxylation is 1. The van der Waals surface area contributed by atoms with Gasteiger partial charge >= 0.3 is 0 Å². The highest BCUT2D eigenvalue weighted by molar-refractivity contribution is 5.85. The van der Waals surface area contributed by atoms with Gasteiger partial charge in [0.15, 0.2) is 0 Å². The molecule has 0 aliphatic heterocycles. The predicted octanol–water partition coefficient (Wildman–Crippen LogP) is 4.73. The second kappa shape index (κ2) is 17.5. The van der Waals surface area contributed by atoms with Gasteiger partial charge in [-0.3, -0.25) is 14.9 Å². The SMILES string of the molecule is Cc1cccc2c(C[C@@H](CCO)NCc3ccc(CN(CCNCc4ccccn4)CCNCc4ccccn4)cc3)c[nH]c12. The molecule has 3 aromatic heterocycles. The number of pyridine rings is 2. The molecule has 0 bridgehead atoms. The zero-order chi connectivity index (χ0) is 31.1. The van der Waals surface area contributed by atoms with E-state index in [1.165, 1.54) is 33.2 Å². The van der Waals surface area contributed by atoms with Gasteiger partial charge in [0.05, 0.1) is 11.4 Å². The molecule has 0 unspecified atom stereocenters. The monoisotopic (exact) mass is 605 g/mol. The fourth-order valence-corrected chi connectivity index (χ4v) is 5.70. The normalized spacial score (nSPS) is 12.2. The van der Waals surface area contributed by atoms with Crippen molar-refractivity contribution in [1.82, 2.24) is 35.8 Å². The molecular formula is C37H47N7O. The summed E-state index contributed by atoms with van der Waals surface area (Å²) in [5.41, 5.74) is 8.41. The summed E-state index contributed by atoms with van der Waals surface area (Å²) in [4.78, 5) is 14.8. The molecule has 0 amide bonds. The molecule has 5 aromatic rings. The Morgan fingerprint density at radius 2 is 1.44 bits per heavy atom. The summed E-state index contributed by atoms with van der Waals surface area (Å²) in [6.45, 7) is 9.16. The number of benzene rings is 2. The Bertz CT molecular complexity index is 1490. The third-order valence-electron chi connectivity index (χ3n) is 8.25. The number of H-pyrrole nitrogens is 1. The van der Waals surface area contributed by atoms with Crippen molar-refractivity contribution in [3.8, 4) is 0 Å². The second-order valence-electron chi connectivity index (χ2n) is 11.7. The predicted molar refractivity (Wildman–Crippen MR) is 183 cm³/mol. The Balaban J connectivity index is 1.12. The minimum atomic E-state index is 0.168. The molecule has 0 spiro atoms. The number of hydrogen-bond donors (Lipinski definition) is 5. The number of nitrogens with one attached hydrogen (secondary N) is 4. The number of hydrogen-bond acceptors (Lipinski definition) is 7. The first kappa shape index (κ1) is 32.5. The van der Waals surface area contributed by atoms with Crippen LogP contribution in [0.1, 0.15) is 40.1 Å². The molecule has 0 saturated heterocycles. The largest absolute Gasteiger partial charge is 0.396 e. The van der Waals surface area contributed by atoms with Gasteiger partial charge in [-0.1, -0.05) is 54.6 Å². The summed E-state index contributed by atoms with van der Waals surface area (Å²) in [7, 11) is 0. The number of aliphatic hydroxyl groups is 1.